The summed E-state index contributed by atoms with van der Waals surface area (Å²) in [5.74, 6) is -7.01. The van der Waals surface area contributed by atoms with Crippen LogP contribution in [0.2, 0.25) is 0 Å². The topological polar surface area (TPSA) is 334 Å². The van der Waals surface area contributed by atoms with Gasteiger partial charge in [0.15, 0.2) is 18.1 Å². The van der Waals surface area contributed by atoms with Crippen molar-refractivity contribution in [1.82, 2.24) is 26.3 Å². The highest BCUT2D eigenvalue weighted by molar-refractivity contribution is 5.96. The number of hydrogen-bond acceptors (Lipinski definition) is 11. The summed E-state index contributed by atoms with van der Waals surface area (Å²) in [4.78, 5) is 76.8. The fourth-order valence-corrected chi connectivity index (χ4v) is 4.58. The van der Waals surface area contributed by atoms with E-state index in [0.29, 0.717) is 15.4 Å². The predicted molar refractivity (Wildman–Crippen MR) is 176 cm³/mol. The van der Waals surface area contributed by atoms with Gasteiger partial charge in [0.1, 0.15) is 29.4 Å². The number of amidine groups is 1. The smallest absolute Gasteiger partial charge is 0.328 e. The van der Waals surface area contributed by atoms with Gasteiger partial charge in [-0.15, -0.1) is 0 Å². The van der Waals surface area contributed by atoms with Crippen molar-refractivity contribution in [3.05, 3.63) is 35.0 Å². The second-order valence-corrected chi connectivity index (χ2v) is 12.4. The molecule has 0 saturated carbocycles. The molecule has 51 heavy (non-hydrogen) atoms. The van der Waals surface area contributed by atoms with Gasteiger partial charge in [-0.1, -0.05) is 5.06 Å². The molecule has 3 atom stereocenters. The van der Waals surface area contributed by atoms with Gasteiger partial charge in [-0.05, 0) is 64.8 Å². The van der Waals surface area contributed by atoms with Gasteiger partial charge in [-0.25, -0.2) is 4.79 Å². The van der Waals surface area contributed by atoms with Gasteiger partial charge in [-0.2, -0.15) is 0 Å². The second kappa shape index (κ2) is 17.8. The van der Waals surface area contributed by atoms with Crippen molar-refractivity contribution in [2.24, 2.45) is 16.5 Å². The van der Waals surface area contributed by atoms with E-state index >= 15 is 0 Å². The minimum atomic E-state index is -1.76. The zero-order valence-corrected chi connectivity index (χ0v) is 28.5. The van der Waals surface area contributed by atoms with E-state index in [1.807, 2.05) is 5.32 Å². The standard InChI is InChI=1S/C30H44N9O12/c1-29(2)30(3,4)39(50)26(38(29)49)16-7-9-17(10-8-16)51-15-22(42)35-18(6-5-11-33-28(31)32)24(45)34-13-21(41)36-19(12-23(43)44)25(46)37-20(14-40)27(47)48/h7-10,18-20,40H,5-6,11-15H2,1-4H3,(H,34,45)(H,35,42)(H,36,41)(H,37,46)(H,43,44)(H,47,48)(H4,31,32,33)/t18-,19-,20-/m0/s1. The number of nitrogens with one attached hydrogen (secondary N) is 4. The minimum absolute atomic E-state index is 0.00481. The van der Waals surface area contributed by atoms with E-state index in [9.17, 15) is 39.2 Å². The highest BCUT2D eigenvalue weighted by atomic mass is 16.5. The number of nitrogens with two attached hydrogens (primary N) is 2. The largest absolute Gasteiger partial charge is 0.714 e. The third-order valence-electron chi connectivity index (χ3n) is 8.23. The number of carboxylic acid groups (broad SMARTS) is 2. The molecule has 1 aliphatic rings. The lowest BCUT2D eigenvalue weighted by atomic mass is 9.84. The highest BCUT2D eigenvalue weighted by Gasteiger charge is 2.59. The van der Waals surface area contributed by atoms with Crippen LogP contribution in [0.25, 0.3) is 0 Å². The first-order valence-corrected chi connectivity index (χ1v) is 15.6. The van der Waals surface area contributed by atoms with E-state index in [1.165, 1.54) is 24.3 Å². The molecular weight excluding hydrogens is 678 g/mol. The molecular formula is C30H44N9O12. The summed E-state index contributed by atoms with van der Waals surface area (Å²) in [7, 11) is 0. The number of guanidine groups is 1. The molecule has 0 fully saturated rings. The minimum Gasteiger partial charge on any atom is -0.714 e. The summed E-state index contributed by atoms with van der Waals surface area (Å²) < 4.78 is 6.17. The zero-order valence-electron chi connectivity index (χ0n) is 28.5. The summed E-state index contributed by atoms with van der Waals surface area (Å²) in [6.45, 7) is 4.41. The lowest BCUT2D eigenvalue weighted by Crippen LogP contribution is -2.55. The van der Waals surface area contributed by atoms with Gasteiger partial charge in [0.2, 0.25) is 17.7 Å². The first-order chi connectivity index (χ1) is 23.7. The van der Waals surface area contributed by atoms with Crippen LogP contribution in [-0.4, -0.2) is 128 Å². The average molecular weight is 723 g/mol. The van der Waals surface area contributed by atoms with E-state index in [-0.39, 0.29) is 36.9 Å². The normalized spacial score (nSPS) is 16.2. The number of aliphatic hydroxyl groups excluding tert-OH is 1. The fraction of sp³-hybridized carbons (Fsp3) is 0.533. The lowest BCUT2D eigenvalue weighted by molar-refractivity contribution is -0.539. The summed E-state index contributed by atoms with van der Waals surface area (Å²) in [6.07, 6.45) is -0.740. The Kier molecular flexibility index (Phi) is 14.5. The maximum Gasteiger partial charge on any atom is 0.328 e. The van der Waals surface area contributed by atoms with Crippen LogP contribution in [0, 0.1) is 5.21 Å². The van der Waals surface area contributed by atoms with Gasteiger partial charge in [0.25, 0.3) is 5.91 Å². The van der Waals surface area contributed by atoms with Crippen molar-refractivity contribution in [1.29, 1.82) is 0 Å². The number of amides is 4. The van der Waals surface area contributed by atoms with E-state index in [0.717, 1.165) is 0 Å². The van der Waals surface area contributed by atoms with Gasteiger partial charge in [0, 0.05) is 11.8 Å². The molecule has 0 saturated heterocycles. The molecule has 1 aromatic carbocycles. The Balaban J connectivity index is 2.05. The molecule has 4 amide bonds. The van der Waals surface area contributed by atoms with Crippen LogP contribution in [0.1, 0.15) is 52.5 Å². The Labute approximate surface area is 292 Å². The number of benzene rings is 1. The summed E-state index contributed by atoms with van der Waals surface area (Å²) in [5, 5.41) is 62.4. The van der Waals surface area contributed by atoms with Crippen LogP contribution >= 0.6 is 0 Å². The van der Waals surface area contributed by atoms with Crippen molar-refractivity contribution < 1.29 is 58.8 Å². The molecule has 1 aliphatic heterocycles. The van der Waals surface area contributed by atoms with Crippen LogP contribution in [0.5, 0.6) is 5.75 Å². The molecule has 0 aromatic heterocycles. The van der Waals surface area contributed by atoms with Crippen molar-refractivity contribution in [3.8, 4) is 5.75 Å². The van der Waals surface area contributed by atoms with E-state index in [1.54, 1.807) is 27.7 Å². The zero-order chi connectivity index (χ0) is 38.7. The number of nitrogens with zero attached hydrogens (tertiary/aromatic N) is 3. The predicted octanol–water partition coefficient (Wildman–Crippen LogP) is -3.28. The van der Waals surface area contributed by atoms with E-state index in [2.05, 4.69) is 20.9 Å². The summed E-state index contributed by atoms with van der Waals surface area (Å²) >= 11 is 0. The molecule has 21 heteroatoms. The van der Waals surface area contributed by atoms with Crippen LogP contribution in [0.4, 0.5) is 0 Å². The first kappa shape index (κ1) is 41.5. The number of carbonyl (C=O) groups excluding carboxylic acids is 4. The van der Waals surface area contributed by atoms with Crippen molar-refractivity contribution in [2.45, 2.75) is 76.2 Å². The lowest BCUT2D eigenvalue weighted by Gasteiger charge is -2.32. The van der Waals surface area contributed by atoms with E-state index in [4.69, 9.17) is 31.5 Å². The van der Waals surface area contributed by atoms with Crippen LogP contribution in [0.15, 0.2) is 29.3 Å². The van der Waals surface area contributed by atoms with Gasteiger partial charge in [-0.3, -0.25) is 33.7 Å². The molecule has 1 aromatic rings. The summed E-state index contributed by atoms with van der Waals surface area (Å²) in [6, 6.07) is 1.14. The maximum atomic E-state index is 13.0. The monoisotopic (exact) mass is 722 g/mol. The number of aliphatic imine (C=N–C) groups is 1. The van der Waals surface area contributed by atoms with Crippen molar-refractivity contribution in [3.63, 3.8) is 0 Å². The summed E-state index contributed by atoms with van der Waals surface area (Å²) in [5.41, 5.74) is 8.95. The highest BCUT2D eigenvalue weighted by Crippen LogP contribution is 2.37. The fourth-order valence-electron chi connectivity index (χ4n) is 4.58. The SMILES string of the molecule is CC1(C)N([O])C(c2ccc(OCC(=O)N[C@@H](CCCN=C(N)N)C(=O)NCC(=O)N[C@@H](CC(=O)O)C(=O)N[C@@H](CO)C(=O)O)cc2)=[N+]([O-])C1(C)C. The number of rotatable bonds is 19. The third kappa shape index (κ3) is 11.2. The Morgan fingerprint density at radius 3 is 2.06 bits per heavy atom. The number of hydroxylamine groups is 3. The molecule has 0 spiro atoms. The number of aliphatic carboxylic acids is 2. The molecule has 21 nitrogen and oxygen atoms in total. The Bertz CT molecular complexity index is 1520. The molecule has 1 heterocycles. The molecule has 2 rings (SSSR count). The number of ether oxygens (including phenoxy) is 1. The molecule has 281 valence electrons. The van der Waals surface area contributed by atoms with Gasteiger partial charge in [0.05, 0.1) is 25.1 Å². The average Bonchev–Trinajstić information content (AvgIpc) is 3.17. The molecule has 1 radical (unpaired) electrons. The van der Waals surface area contributed by atoms with Crippen LogP contribution in [-0.2, 0) is 34.0 Å². The molecule has 11 N–H and O–H groups in total. The Morgan fingerprint density at radius 2 is 1.55 bits per heavy atom. The maximum absolute atomic E-state index is 13.0. The quantitative estimate of drug-likeness (QED) is 0.0222. The van der Waals surface area contributed by atoms with Crippen molar-refractivity contribution in [2.75, 3.05) is 26.3 Å². The van der Waals surface area contributed by atoms with Crippen molar-refractivity contribution >= 4 is 47.4 Å². The molecule has 0 bridgehead atoms. The van der Waals surface area contributed by atoms with Crippen LogP contribution < -0.4 is 37.5 Å². The second-order valence-electron chi connectivity index (χ2n) is 12.4. The number of carbonyl (C=O) groups is 6. The molecule has 0 unspecified atom stereocenters. The van der Waals surface area contributed by atoms with E-state index < -0.39 is 91.0 Å². The van der Waals surface area contributed by atoms with Gasteiger partial charge < -0.3 is 58.0 Å². The molecule has 0 aliphatic carbocycles. The number of hydrogen-bond donors (Lipinski definition) is 9. The third-order valence-corrected chi connectivity index (χ3v) is 8.23. The number of carboxylic acids is 2. The Morgan fingerprint density at radius 1 is 0.941 bits per heavy atom. The first-order valence-electron chi connectivity index (χ1n) is 15.6. The Hall–Kier alpha value is -5.70. The number of aliphatic hydroxyl groups is 1. The van der Waals surface area contributed by atoms with Gasteiger partial charge >= 0.3 is 17.8 Å². The van der Waals surface area contributed by atoms with Crippen LogP contribution in [0.3, 0.4) is 0 Å².